The van der Waals surface area contributed by atoms with Crippen LogP contribution in [-0.4, -0.2) is 45.5 Å². The van der Waals surface area contributed by atoms with E-state index in [0.717, 1.165) is 5.69 Å². The van der Waals surface area contributed by atoms with Crippen molar-refractivity contribution in [1.82, 2.24) is 0 Å². The molecule has 1 aliphatic rings. The molecule has 1 aliphatic heterocycles. The molecule has 1 N–H and O–H groups in total. The van der Waals surface area contributed by atoms with Crippen LogP contribution in [0.3, 0.4) is 0 Å². The Hall–Kier alpha value is -3.35. The minimum atomic E-state index is -0.469. The van der Waals surface area contributed by atoms with Crippen LogP contribution in [0.1, 0.15) is 16.8 Å². The number of esters is 1. The average Bonchev–Trinajstić information content (AvgIpc) is 3.09. The van der Waals surface area contributed by atoms with Crippen LogP contribution in [0.25, 0.3) is 0 Å². The van der Waals surface area contributed by atoms with Crippen LogP contribution in [0.4, 0.5) is 17.1 Å². The molecular formula is C21H23N3O4. The smallest absolute Gasteiger partial charge is 0.337 e. The molecule has 0 aromatic heterocycles. The van der Waals surface area contributed by atoms with Gasteiger partial charge in [0.15, 0.2) is 0 Å². The van der Waals surface area contributed by atoms with Gasteiger partial charge in [-0.25, -0.2) is 4.79 Å². The number of benzene rings is 2. The van der Waals surface area contributed by atoms with Crippen molar-refractivity contribution < 1.29 is 19.1 Å². The van der Waals surface area contributed by atoms with Gasteiger partial charge in [-0.3, -0.25) is 9.59 Å². The molecule has 1 unspecified atom stereocenters. The number of carbonyl (C=O) groups is 3. The number of nitrogens with zero attached hydrogens (tertiary/aromatic N) is 2. The number of nitrogens with one attached hydrogen (secondary N) is 1. The van der Waals surface area contributed by atoms with Crippen molar-refractivity contribution in [2.45, 2.75) is 6.42 Å². The Morgan fingerprint density at radius 1 is 1.14 bits per heavy atom. The molecule has 0 bridgehead atoms. The van der Waals surface area contributed by atoms with Gasteiger partial charge in [0.1, 0.15) is 0 Å². The molecule has 146 valence electrons. The Morgan fingerprint density at radius 2 is 1.86 bits per heavy atom. The maximum absolute atomic E-state index is 12.6. The van der Waals surface area contributed by atoms with Crippen molar-refractivity contribution in [1.29, 1.82) is 0 Å². The first-order chi connectivity index (χ1) is 13.4. The molecule has 2 aromatic carbocycles. The number of carbonyl (C=O) groups excluding carboxylic acids is 3. The molecule has 28 heavy (non-hydrogen) atoms. The van der Waals surface area contributed by atoms with Gasteiger partial charge in [-0.2, -0.15) is 0 Å². The first-order valence-electron chi connectivity index (χ1n) is 8.96. The number of anilines is 3. The van der Waals surface area contributed by atoms with Crippen molar-refractivity contribution in [3.63, 3.8) is 0 Å². The van der Waals surface area contributed by atoms with E-state index in [0.29, 0.717) is 16.9 Å². The first kappa shape index (κ1) is 19.4. The zero-order valence-electron chi connectivity index (χ0n) is 16.1. The van der Waals surface area contributed by atoms with Gasteiger partial charge in [0, 0.05) is 44.1 Å². The predicted molar refractivity (Wildman–Crippen MR) is 108 cm³/mol. The molecule has 2 amide bonds. The summed E-state index contributed by atoms with van der Waals surface area (Å²) in [4.78, 5) is 40.3. The quantitative estimate of drug-likeness (QED) is 0.805. The molecule has 3 rings (SSSR count). The van der Waals surface area contributed by atoms with Gasteiger partial charge in [0.05, 0.1) is 18.6 Å². The number of rotatable bonds is 5. The largest absolute Gasteiger partial charge is 0.465 e. The van der Waals surface area contributed by atoms with Crippen LogP contribution >= 0.6 is 0 Å². The molecule has 0 radical (unpaired) electrons. The third kappa shape index (κ3) is 4.14. The van der Waals surface area contributed by atoms with Gasteiger partial charge in [0.25, 0.3) is 0 Å². The highest BCUT2D eigenvalue weighted by molar-refractivity contribution is 6.04. The zero-order valence-corrected chi connectivity index (χ0v) is 16.1. The molecular weight excluding hydrogens is 358 g/mol. The summed E-state index contributed by atoms with van der Waals surface area (Å²) in [6, 6.07) is 14.2. The Bertz CT molecular complexity index is 893. The van der Waals surface area contributed by atoms with E-state index in [1.165, 1.54) is 12.0 Å². The minimum Gasteiger partial charge on any atom is -0.465 e. The molecule has 2 aromatic rings. The second-order valence-corrected chi connectivity index (χ2v) is 6.88. The fourth-order valence-electron chi connectivity index (χ4n) is 3.14. The SMILES string of the molecule is COC(=O)c1cccc(N2CC(C(=O)Nc3ccc(N(C)C)cc3)CC2=O)c1. The lowest BCUT2D eigenvalue weighted by Gasteiger charge is -2.17. The number of ether oxygens (including phenoxy) is 1. The first-order valence-corrected chi connectivity index (χ1v) is 8.96. The Morgan fingerprint density at radius 3 is 2.50 bits per heavy atom. The number of methoxy groups -OCH3 is 1. The Kier molecular flexibility index (Phi) is 5.63. The van der Waals surface area contributed by atoms with E-state index in [2.05, 4.69) is 5.32 Å². The monoisotopic (exact) mass is 381 g/mol. The Labute approximate surface area is 163 Å². The summed E-state index contributed by atoms with van der Waals surface area (Å²) in [6.07, 6.45) is 0.129. The maximum Gasteiger partial charge on any atom is 0.337 e. The lowest BCUT2D eigenvalue weighted by atomic mass is 10.1. The molecule has 7 heteroatoms. The average molecular weight is 381 g/mol. The van der Waals surface area contributed by atoms with Crippen LogP contribution in [0.5, 0.6) is 0 Å². The topological polar surface area (TPSA) is 79.0 Å². The third-order valence-corrected chi connectivity index (χ3v) is 4.73. The summed E-state index contributed by atoms with van der Waals surface area (Å²) in [5, 5.41) is 2.87. The second-order valence-electron chi connectivity index (χ2n) is 6.88. The van der Waals surface area contributed by atoms with Crippen molar-refractivity contribution in [3.05, 3.63) is 54.1 Å². The highest BCUT2D eigenvalue weighted by atomic mass is 16.5. The van der Waals surface area contributed by atoms with E-state index in [1.54, 1.807) is 24.3 Å². The van der Waals surface area contributed by atoms with E-state index in [-0.39, 0.29) is 24.8 Å². The fraction of sp³-hybridized carbons (Fsp3) is 0.286. The molecule has 0 spiro atoms. The van der Waals surface area contributed by atoms with Crippen molar-refractivity contribution in [2.75, 3.05) is 42.9 Å². The van der Waals surface area contributed by atoms with Crippen molar-refractivity contribution >= 4 is 34.8 Å². The zero-order chi connectivity index (χ0) is 20.3. The molecule has 1 atom stereocenters. The Balaban J connectivity index is 1.68. The third-order valence-electron chi connectivity index (χ3n) is 4.73. The number of amides is 2. The standard InChI is InChI=1S/C21H23N3O4/c1-23(2)17-9-7-16(8-10-17)22-20(26)15-12-19(25)24(13-15)18-6-4-5-14(11-18)21(27)28-3/h4-11,15H,12-13H2,1-3H3,(H,22,26). The van der Waals surface area contributed by atoms with E-state index >= 15 is 0 Å². The van der Waals surface area contributed by atoms with Crippen LogP contribution < -0.4 is 15.1 Å². The van der Waals surface area contributed by atoms with Gasteiger partial charge < -0.3 is 19.9 Å². The van der Waals surface area contributed by atoms with Crippen molar-refractivity contribution in [2.24, 2.45) is 5.92 Å². The summed E-state index contributed by atoms with van der Waals surface area (Å²) < 4.78 is 4.72. The molecule has 0 saturated carbocycles. The lowest BCUT2D eigenvalue weighted by molar-refractivity contribution is -0.122. The van der Waals surface area contributed by atoms with Crippen LogP contribution in [0, 0.1) is 5.92 Å². The van der Waals surface area contributed by atoms with Crippen molar-refractivity contribution in [3.8, 4) is 0 Å². The number of hydrogen-bond acceptors (Lipinski definition) is 5. The van der Waals surface area contributed by atoms with E-state index in [1.807, 2.05) is 43.3 Å². The summed E-state index contributed by atoms with van der Waals surface area (Å²) in [6.45, 7) is 0.269. The van der Waals surface area contributed by atoms with Gasteiger partial charge in [-0.05, 0) is 42.5 Å². The van der Waals surface area contributed by atoms with Crippen LogP contribution in [-0.2, 0) is 14.3 Å². The summed E-state index contributed by atoms with van der Waals surface area (Å²) >= 11 is 0. The lowest BCUT2D eigenvalue weighted by Crippen LogP contribution is -2.28. The summed E-state index contributed by atoms with van der Waals surface area (Å²) in [7, 11) is 5.20. The fourth-order valence-corrected chi connectivity index (χ4v) is 3.14. The maximum atomic E-state index is 12.6. The minimum absolute atomic E-state index is 0.129. The normalized spacial score (nSPS) is 16.0. The molecule has 7 nitrogen and oxygen atoms in total. The van der Waals surface area contributed by atoms with Crippen LogP contribution in [0.15, 0.2) is 48.5 Å². The second kappa shape index (κ2) is 8.12. The molecule has 0 aliphatic carbocycles. The highest BCUT2D eigenvalue weighted by Crippen LogP contribution is 2.27. The van der Waals surface area contributed by atoms with Crippen LogP contribution in [0.2, 0.25) is 0 Å². The summed E-state index contributed by atoms with van der Waals surface area (Å²) in [5.74, 6) is -1.27. The van der Waals surface area contributed by atoms with Gasteiger partial charge >= 0.3 is 5.97 Å². The highest BCUT2D eigenvalue weighted by Gasteiger charge is 2.35. The van der Waals surface area contributed by atoms with E-state index < -0.39 is 11.9 Å². The summed E-state index contributed by atoms with van der Waals surface area (Å²) in [5.41, 5.74) is 2.67. The number of hydrogen-bond donors (Lipinski definition) is 1. The van der Waals surface area contributed by atoms with E-state index in [4.69, 9.17) is 4.74 Å². The van der Waals surface area contributed by atoms with Gasteiger partial charge in [-0.15, -0.1) is 0 Å². The van der Waals surface area contributed by atoms with Gasteiger partial charge in [-0.1, -0.05) is 6.07 Å². The van der Waals surface area contributed by atoms with E-state index in [9.17, 15) is 14.4 Å². The molecule has 1 heterocycles. The van der Waals surface area contributed by atoms with Gasteiger partial charge in [0.2, 0.25) is 11.8 Å². The molecule has 1 saturated heterocycles. The molecule has 1 fully saturated rings. The predicted octanol–water partition coefficient (Wildman–Crippen LogP) is 2.53.